The first-order valence-corrected chi connectivity index (χ1v) is 7.73. The standard InChI is InChI=1S/C18H13N5O2/c19-17-4-2-12(6-21-17)13-9-23-14(7-22-18(23)8-20-13)11-1-3-15-16(5-11)25-10-24-15/h1-9H,10H2,(H2,19,21). The van der Waals surface area contributed by atoms with Gasteiger partial charge in [0, 0.05) is 23.5 Å². The highest BCUT2D eigenvalue weighted by Crippen LogP contribution is 2.36. The minimum absolute atomic E-state index is 0.254. The molecule has 5 rings (SSSR count). The van der Waals surface area contributed by atoms with Crippen LogP contribution in [0.5, 0.6) is 11.5 Å². The van der Waals surface area contributed by atoms with Crippen molar-refractivity contribution in [2.45, 2.75) is 0 Å². The van der Waals surface area contributed by atoms with Crippen molar-refractivity contribution in [1.29, 1.82) is 0 Å². The Morgan fingerprint density at radius 3 is 2.64 bits per heavy atom. The summed E-state index contributed by atoms with van der Waals surface area (Å²) in [5, 5.41) is 0. The number of nitrogens with two attached hydrogens (primary N) is 1. The summed E-state index contributed by atoms with van der Waals surface area (Å²) in [6, 6.07) is 9.50. The summed E-state index contributed by atoms with van der Waals surface area (Å²) in [4.78, 5) is 13.0. The Morgan fingerprint density at radius 1 is 0.880 bits per heavy atom. The number of rotatable bonds is 2. The lowest BCUT2D eigenvalue weighted by molar-refractivity contribution is 0.174. The molecule has 0 radical (unpaired) electrons. The molecule has 0 saturated heterocycles. The number of ether oxygens (including phenoxy) is 2. The van der Waals surface area contributed by atoms with Gasteiger partial charge in [0.25, 0.3) is 0 Å². The average molecular weight is 331 g/mol. The molecule has 0 bridgehead atoms. The van der Waals surface area contributed by atoms with Crippen LogP contribution in [-0.4, -0.2) is 26.1 Å². The van der Waals surface area contributed by atoms with E-state index in [0.717, 1.165) is 39.7 Å². The number of aromatic nitrogens is 4. The Kier molecular flexibility index (Phi) is 2.87. The van der Waals surface area contributed by atoms with E-state index in [1.165, 1.54) is 0 Å². The smallest absolute Gasteiger partial charge is 0.231 e. The molecule has 0 aliphatic carbocycles. The minimum atomic E-state index is 0.254. The van der Waals surface area contributed by atoms with Crippen LogP contribution in [0.3, 0.4) is 0 Å². The van der Waals surface area contributed by atoms with Crippen LogP contribution in [-0.2, 0) is 0 Å². The number of pyridine rings is 1. The molecule has 0 unspecified atom stereocenters. The number of nitrogen functional groups attached to an aromatic ring is 1. The molecule has 25 heavy (non-hydrogen) atoms. The van der Waals surface area contributed by atoms with E-state index in [1.807, 2.05) is 41.1 Å². The number of benzene rings is 1. The number of hydrogen-bond donors (Lipinski definition) is 1. The van der Waals surface area contributed by atoms with Crippen molar-refractivity contribution < 1.29 is 9.47 Å². The van der Waals surface area contributed by atoms with Crippen LogP contribution in [0.1, 0.15) is 0 Å². The number of imidazole rings is 1. The zero-order valence-corrected chi connectivity index (χ0v) is 13.1. The quantitative estimate of drug-likeness (QED) is 0.608. The van der Waals surface area contributed by atoms with Gasteiger partial charge in [-0.05, 0) is 30.3 Å². The number of hydrogen-bond acceptors (Lipinski definition) is 6. The maximum atomic E-state index is 5.65. The van der Waals surface area contributed by atoms with Gasteiger partial charge < -0.3 is 15.2 Å². The SMILES string of the molecule is Nc1ccc(-c2cn3c(-c4ccc5c(c4)OCO5)cnc3cn2)cn1. The van der Waals surface area contributed by atoms with Crippen LogP contribution in [0.15, 0.2) is 55.1 Å². The molecule has 0 fully saturated rings. The Balaban J connectivity index is 1.64. The van der Waals surface area contributed by atoms with Crippen molar-refractivity contribution in [3.63, 3.8) is 0 Å². The van der Waals surface area contributed by atoms with Gasteiger partial charge in [-0.15, -0.1) is 0 Å². The van der Waals surface area contributed by atoms with Crippen LogP contribution < -0.4 is 15.2 Å². The lowest BCUT2D eigenvalue weighted by Crippen LogP contribution is -1.94. The molecule has 4 heterocycles. The lowest BCUT2D eigenvalue weighted by atomic mass is 10.1. The zero-order valence-electron chi connectivity index (χ0n) is 13.1. The van der Waals surface area contributed by atoms with Crippen LogP contribution >= 0.6 is 0 Å². The summed E-state index contributed by atoms with van der Waals surface area (Å²) in [7, 11) is 0. The highest BCUT2D eigenvalue weighted by molar-refractivity contribution is 5.69. The van der Waals surface area contributed by atoms with E-state index in [0.29, 0.717) is 5.82 Å². The van der Waals surface area contributed by atoms with Crippen LogP contribution in [0.25, 0.3) is 28.2 Å². The molecule has 0 spiro atoms. The maximum Gasteiger partial charge on any atom is 0.231 e. The third-order valence-corrected chi connectivity index (χ3v) is 4.15. The normalized spacial score (nSPS) is 12.6. The fraction of sp³-hybridized carbons (Fsp3) is 0.0556. The Bertz CT molecular complexity index is 1090. The topological polar surface area (TPSA) is 87.6 Å². The van der Waals surface area contributed by atoms with Crippen molar-refractivity contribution in [2.24, 2.45) is 0 Å². The van der Waals surface area contributed by atoms with Gasteiger partial charge in [0.15, 0.2) is 17.1 Å². The Labute approximate surface area is 142 Å². The highest BCUT2D eigenvalue weighted by atomic mass is 16.7. The summed E-state index contributed by atoms with van der Waals surface area (Å²) in [6.07, 6.45) is 7.21. The van der Waals surface area contributed by atoms with E-state index in [9.17, 15) is 0 Å². The van der Waals surface area contributed by atoms with Gasteiger partial charge in [0.2, 0.25) is 6.79 Å². The summed E-state index contributed by atoms with van der Waals surface area (Å²) >= 11 is 0. The van der Waals surface area contributed by atoms with E-state index in [2.05, 4.69) is 15.0 Å². The third kappa shape index (κ3) is 2.25. The molecular formula is C18H13N5O2. The first kappa shape index (κ1) is 13.8. The Morgan fingerprint density at radius 2 is 1.76 bits per heavy atom. The first-order chi connectivity index (χ1) is 12.3. The minimum Gasteiger partial charge on any atom is -0.454 e. The second-order valence-electron chi connectivity index (χ2n) is 5.68. The van der Waals surface area contributed by atoms with Gasteiger partial charge in [-0.1, -0.05) is 0 Å². The molecule has 0 amide bonds. The van der Waals surface area contributed by atoms with Gasteiger partial charge in [0.1, 0.15) is 5.82 Å². The van der Waals surface area contributed by atoms with Gasteiger partial charge in [-0.25, -0.2) is 9.97 Å². The molecule has 2 N–H and O–H groups in total. The largest absolute Gasteiger partial charge is 0.454 e. The number of nitrogens with zero attached hydrogens (tertiary/aromatic N) is 4. The molecular weight excluding hydrogens is 318 g/mol. The van der Waals surface area contributed by atoms with E-state index in [-0.39, 0.29) is 6.79 Å². The fourth-order valence-electron chi connectivity index (χ4n) is 2.86. The lowest BCUT2D eigenvalue weighted by Gasteiger charge is -2.06. The molecule has 122 valence electrons. The Hall–Kier alpha value is -3.61. The third-order valence-electron chi connectivity index (χ3n) is 4.15. The molecule has 4 aromatic rings. The molecule has 1 aliphatic heterocycles. The van der Waals surface area contributed by atoms with Gasteiger partial charge in [-0.3, -0.25) is 9.38 Å². The second kappa shape index (κ2) is 5.20. The summed E-state index contributed by atoms with van der Waals surface area (Å²) < 4.78 is 12.8. The molecule has 0 atom stereocenters. The van der Waals surface area contributed by atoms with Gasteiger partial charge in [0.05, 0.1) is 23.8 Å². The molecule has 3 aromatic heterocycles. The molecule has 0 saturated carbocycles. The molecule has 7 heteroatoms. The van der Waals surface area contributed by atoms with Crippen molar-refractivity contribution in [2.75, 3.05) is 12.5 Å². The van der Waals surface area contributed by atoms with Crippen LogP contribution in [0.2, 0.25) is 0 Å². The van der Waals surface area contributed by atoms with Crippen LogP contribution in [0, 0.1) is 0 Å². The first-order valence-electron chi connectivity index (χ1n) is 7.73. The van der Waals surface area contributed by atoms with E-state index in [4.69, 9.17) is 15.2 Å². The summed E-state index contributed by atoms with van der Waals surface area (Å²) in [6.45, 7) is 0.254. The maximum absolute atomic E-state index is 5.65. The molecule has 1 aliphatic rings. The summed E-state index contributed by atoms with van der Waals surface area (Å²) in [5.41, 5.74) is 10.0. The van der Waals surface area contributed by atoms with E-state index >= 15 is 0 Å². The monoisotopic (exact) mass is 331 g/mol. The van der Waals surface area contributed by atoms with E-state index < -0.39 is 0 Å². The predicted octanol–water partition coefficient (Wildman–Crippen LogP) is 2.77. The molecule has 1 aromatic carbocycles. The van der Waals surface area contributed by atoms with Gasteiger partial charge in [-0.2, -0.15) is 0 Å². The second-order valence-corrected chi connectivity index (χ2v) is 5.68. The summed E-state index contributed by atoms with van der Waals surface area (Å²) in [5.74, 6) is 1.98. The zero-order chi connectivity index (χ0) is 16.8. The van der Waals surface area contributed by atoms with Crippen molar-refractivity contribution in [1.82, 2.24) is 19.4 Å². The van der Waals surface area contributed by atoms with Gasteiger partial charge >= 0.3 is 0 Å². The van der Waals surface area contributed by atoms with Crippen molar-refractivity contribution in [3.05, 3.63) is 55.1 Å². The highest BCUT2D eigenvalue weighted by Gasteiger charge is 2.16. The van der Waals surface area contributed by atoms with E-state index in [1.54, 1.807) is 18.5 Å². The average Bonchev–Trinajstić information content (AvgIpc) is 3.27. The fourth-order valence-corrected chi connectivity index (χ4v) is 2.86. The number of anilines is 1. The van der Waals surface area contributed by atoms with Crippen LogP contribution in [0.4, 0.5) is 5.82 Å². The van der Waals surface area contributed by atoms with Crippen molar-refractivity contribution >= 4 is 11.5 Å². The number of fused-ring (bicyclic) bond motifs is 2. The predicted molar refractivity (Wildman–Crippen MR) is 92.2 cm³/mol. The molecule has 7 nitrogen and oxygen atoms in total. The van der Waals surface area contributed by atoms with Crippen molar-refractivity contribution in [3.8, 4) is 34.0 Å².